The zero-order valence-corrected chi connectivity index (χ0v) is 15.8. The van der Waals surface area contributed by atoms with Gasteiger partial charge in [0.25, 0.3) is 10.0 Å². The number of nitrogens with zero attached hydrogens (tertiary/aromatic N) is 2. The van der Waals surface area contributed by atoms with E-state index in [9.17, 15) is 13.2 Å². The van der Waals surface area contributed by atoms with Gasteiger partial charge in [0.2, 0.25) is 5.91 Å². The summed E-state index contributed by atoms with van der Waals surface area (Å²) < 4.78 is 28.2. The molecule has 2 heterocycles. The maximum absolute atomic E-state index is 13.4. The van der Waals surface area contributed by atoms with Crippen LogP contribution in [0.1, 0.15) is 31.4 Å². The summed E-state index contributed by atoms with van der Waals surface area (Å²) >= 11 is 0. The van der Waals surface area contributed by atoms with Gasteiger partial charge in [0.1, 0.15) is 0 Å². The summed E-state index contributed by atoms with van der Waals surface area (Å²) in [5.74, 6) is -0.0105. The van der Waals surface area contributed by atoms with Gasteiger partial charge in [-0.25, -0.2) is 8.42 Å². The largest absolute Gasteiger partial charge is 0.312 e. The zero-order valence-electron chi connectivity index (χ0n) is 15.0. The molecule has 1 amide bonds. The van der Waals surface area contributed by atoms with Gasteiger partial charge in [0, 0.05) is 25.2 Å². The van der Waals surface area contributed by atoms with Crippen LogP contribution in [-0.4, -0.2) is 26.9 Å². The van der Waals surface area contributed by atoms with Crippen LogP contribution in [0.4, 0.5) is 11.4 Å². The number of hydrogen-bond donors (Lipinski definition) is 0. The Balaban J connectivity index is 1.77. The first-order chi connectivity index (χ1) is 12.4. The Bertz CT molecular complexity index is 984. The molecule has 2 aliphatic heterocycles. The van der Waals surface area contributed by atoms with Gasteiger partial charge in [-0.05, 0) is 61.6 Å². The SMILES string of the molecule is CC(=O)N1CCCc2cc(S(=O)(=O)N3c4ccccc4C[C@H]3C)ccc21. The predicted octanol–water partition coefficient (Wildman–Crippen LogP) is 3.13. The molecular weight excluding hydrogens is 348 g/mol. The second-order valence-electron chi connectivity index (χ2n) is 7.05. The summed E-state index contributed by atoms with van der Waals surface area (Å²) in [5.41, 5.74) is 3.58. The van der Waals surface area contributed by atoms with Crippen LogP contribution in [0, 0.1) is 0 Å². The van der Waals surface area contributed by atoms with Crippen molar-refractivity contribution >= 4 is 27.3 Å². The van der Waals surface area contributed by atoms with Crippen molar-refractivity contribution in [3.05, 3.63) is 53.6 Å². The number of rotatable bonds is 2. The molecule has 0 saturated heterocycles. The smallest absolute Gasteiger partial charge is 0.264 e. The first-order valence-electron chi connectivity index (χ1n) is 8.93. The van der Waals surface area contributed by atoms with Crippen LogP contribution in [0.2, 0.25) is 0 Å². The van der Waals surface area contributed by atoms with Gasteiger partial charge in [-0.15, -0.1) is 0 Å². The molecule has 0 saturated carbocycles. The Kier molecular flexibility index (Phi) is 4.03. The van der Waals surface area contributed by atoms with Crippen molar-refractivity contribution in [1.29, 1.82) is 0 Å². The molecule has 0 unspecified atom stereocenters. The number of benzene rings is 2. The number of para-hydroxylation sites is 1. The molecule has 5 nitrogen and oxygen atoms in total. The standard InChI is InChI=1S/C20H22N2O3S/c1-14-12-16-6-3-4-8-20(16)22(14)26(24,25)18-9-10-19-17(13-18)7-5-11-21(19)15(2)23/h3-4,6,8-10,13-14H,5,7,11-12H2,1-2H3/t14-/m1/s1. The fourth-order valence-corrected chi connectivity index (χ4v) is 5.82. The number of carbonyl (C=O) groups is 1. The lowest BCUT2D eigenvalue weighted by Crippen LogP contribution is -2.36. The average molecular weight is 370 g/mol. The van der Waals surface area contributed by atoms with Crippen molar-refractivity contribution < 1.29 is 13.2 Å². The molecule has 2 aromatic carbocycles. The molecule has 0 radical (unpaired) electrons. The summed E-state index contributed by atoms with van der Waals surface area (Å²) in [4.78, 5) is 13.9. The van der Waals surface area contributed by atoms with Crippen LogP contribution in [0.3, 0.4) is 0 Å². The summed E-state index contributed by atoms with van der Waals surface area (Å²) in [6.07, 6.45) is 2.35. The molecule has 0 aromatic heterocycles. The van der Waals surface area contributed by atoms with Gasteiger partial charge < -0.3 is 4.90 Å². The number of aryl methyl sites for hydroxylation is 1. The number of sulfonamides is 1. The third kappa shape index (κ3) is 2.60. The summed E-state index contributed by atoms with van der Waals surface area (Å²) in [5, 5.41) is 0. The van der Waals surface area contributed by atoms with Crippen molar-refractivity contribution in [2.24, 2.45) is 0 Å². The maximum atomic E-state index is 13.4. The number of anilines is 2. The minimum absolute atomic E-state index is 0.0105. The Morgan fingerprint density at radius 3 is 2.62 bits per heavy atom. The minimum atomic E-state index is -3.64. The highest BCUT2D eigenvalue weighted by Crippen LogP contribution is 2.38. The van der Waals surface area contributed by atoms with Crippen LogP contribution in [-0.2, 0) is 27.7 Å². The Morgan fingerprint density at radius 2 is 1.85 bits per heavy atom. The molecule has 0 aliphatic carbocycles. The van der Waals surface area contributed by atoms with Crippen LogP contribution < -0.4 is 9.21 Å². The van der Waals surface area contributed by atoms with E-state index >= 15 is 0 Å². The van der Waals surface area contributed by atoms with Crippen LogP contribution in [0.5, 0.6) is 0 Å². The first kappa shape index (κ1) is 17.1. The fourth-order valence-electron chi connectivity index (χ4n) is 4.08. The van der Waals surface area contributed by atoms with Crippen molar-refractivity contribution in [3.63, 3.8) is 0 Å². The van der Waals surface area contributed by atoms with Gasteiger partial charge >= 0.3 is 0 Å². The Morgan fingerprint density at radius 1 is 1.08 bits per heavy atom. The maximum Gasteiger partial charge on any atom is 0.264 e. The van der Waals surface area contributed by atoms with E-state index in [0.29, 0.717) is 11.4 Å². The lowest BCUT2D eigenvalue weighted by Gasteiger charge is -2.30. The minimum Gasteiger partial charge on any atom is -0.312 e. The third-order valence-electron chi connectivity index (χ3n) is 5.25. The molecule has 2 aromatic rings. The van der Waals surface area contributed by atoms with E-state index in [4.69, 9.17) is 0 Å². The lowest BCUT2D eigenvalue weighted by atomic mass is 10.0. The van der Waals surface area contributed by atoms with Crippen molar-refractivity contribution in [3.8, 4) is 0 Å². The molecule has 0 fully saturated rings. The molecule has 0 spiro atoms. The quantitative estimate of drug-likeness (QED) is 0.816. The lowest BCUT2D eigenvalue weighted by molar-refractivity contribution is -0.116. The van der Waals surface area contributed by atoms with Gasteiger partial charge in [-0.3, -0.25) is 9.10 Å². The summed E-state index contributed by atoms with van der Waals surface area (Å²) in [6.45, 7) is 4.17. The normalized spacial score (nSPS) is 19.2. The van der Waals surface area contributed by atoms with E-state index in [2.05, 4.69) is 0 Å². The van der Waals surface area contributed by atoms with E-state index < -0.39 is 10.0 Å². The molecule has 0 bridgehead atoms. The molecular formula is C20H22N2O3S. The molecule has 0 N–H and O–H groups in total. The van der Waals surface area contributed by atoms with Crippen molar-refractivity contribution in [2.45, 2.75) is 44.0 Å². The second kappa shape index (κ2) is 6.13. The summed E-state index contributed by atoms with van der Waals surface area (Å²) in [7, 11) is -3.64. The first-order valence-corrected chi connectivity index (χ1v) is 10.4. The van der Waals surface area contributed by atoms with Crippen LogP contribution in [0.25, 0.3) is 0 Å². The van der Waals surface area contributed by atoms with E-state index in [0.717, 1.165) is 41.8 Å². The van der Waals surface area contributed by atoms with Crippen LogP contribution >= 0.6 is 0 Å². The fraction of sp³-hybridized carbons (Fsp3) is 0.350. The molecule has 2 aliphatic rings. The monoisotopic (exact) mass is 370 g/mol. The van der Waals surface area contributed by atoms with Gasteiger partial charge in [-0.2, -0.15) is 0 Å². The number of fused-ring (bicyclic) bond motifs is 2. The van der Waals surface area contributed by atoms with Gasteiger partial charge in [-0.1, -0.05) is 18.2 Å². The van der Waals surface area contributed by atoms with E-state index in [1.54, 1.807) is 30.0 Å². The average Bonchev–Trinajstić information content (AvgIpc) is 2.96. The highest BCUT2D eigenvalue weighted by Gasteiger charge is 2.36. The van der Waals surface area contributed by atoms with Crippen LogP contribution in [0.15, 0.2) is 47.4 Å². The van der Waals surface area contributed by atoms with Gasteiger partial charge in [0.05, 0.1) is 10.6 Å². The Hall–Kier alpha value is -2.34. The Labute approximate surface area is 154 Å². The van der Waals surface area contributed by atoms with E-state index in [1.807, 2.05) is 31.2 Å². The number of amides is 1. The zero-order chi connectivity index (χ0) is 18.5. The third-order valence-corrected chi connectivity index (χ3v) is 7.18. The molecule has 4 rings (SSSR count). The topological polar surface area (TPSA) is 57.7 Å². The van der Waals surface area contributed by atoms with Crippen molar-refractivity contribution in [1.82, 2.24) is 0 Å². The van der Waals surface area contributed by atoms with Gasteiger partial charge in [0.15, 0.2) is 0 Å². The molecule has 136 valence electrons. The van der Waals surface area contributed by atoms with Crippen molar-refractivity contribution in [2.75, 3.05) is 15.7 Å². The van der Waals surface area contributed by atoms with E-state index in [-0.39, 0.29) is 11.9 Å². The van der Waals surface area contributed by atoms with E-state index in [1.165, 1.54) is 4.31 Å². The summed E-state index contributed by atoms with van der Waals surface area (Å²) in [6, 6.07) is 12.7. The predicted molar refractivity (Wildman–Crippen MR) is 102 cm³/mol. The molecule has 26 heavy (non-hydrogen) atoms. The number of hydrogen-bond acceptors (Lipinski definition) is 3. The highest BCUT2D eigenvalue weighted by atomic mass is 32.2. The molecule has 1 atom stereocenters. The number of carbonyl (C=O) groups excluding carboxylic acids is 1. The molecule has 6 heteroatoms. The highest BCUT2D eigenvalue weighted by molar-refractivity contribution is 7.92. The second-order valence-corrected chi connectivity index (χ2v) is 8.86.